The number of aryl methyl sites for hydroxylation is 2. The van der Waals surface area contributed by atoms with Gasteiger partial charge in [0, 0.05) is 18.8 Å². The number of hydrogen-bond donors (Lipinski definition) is 1. The van der Waals surface area contributed by atoms with E-state index >= 15 is 0 Å². The van der Waals surface area contributed by atoms with E-state index in [4.69, 9.17) is 5.73 Å². The fourth-order valence-electron chi connectivity index (χ4n) is 1.66. The van der Waals surface area contributed by atoms with Crippen LogP contribution >= 0.6 is 0 Å². The van der Waals surface area contributed by atoms with Crippen molar-refractivity contribution in [3.63, 3.8) is 0 Å². The van der Waals surface area contributed by atoms with E-state index in [0.29, 0.717) is 11.3 Å². The second-order valence-corrected chi connectivity index (χ2v) is 4.13. The first kappa shape index (κ1) is 12.0. The maximum Gasteiger partial charge on any atom is 0.347 e. The molecule has 1 aromatic carbocycles. The zero-order chi connectivity index (χ0) is 13.3. The summed E-state index contributed by atoms with van der Waals surface area (Å²) in [6, 6.07) is 7.39. The SMILES string of the molecule is Cc1ccc(-c2nc(=O)n(C)cc2C(N)=O)cc1. The number of rotatable bonds is 2. The van der Waals surface area contributed by atoms with Gasteiger partial charge in [0.15, 0.2) is 0 Å². The molecule has 1 amide bonds. The van der Waals surface area contributed by atoms with E-state index in [-0.39, 0.29) is 5.56 Å². The van der Waals surface area contributed by atoms with Crippen LogP contribution in [0.5, 0.6) is 0 Å². The van der Waals surface area contributed by atoms with E-state index in [1.54, 1.807) is 0 Å². The van der Waals surface area contributed by atoms with Crippen LogP contribution in [-0.4, -0.2) is 15.5 Å². The van der Waals surface area contributed by atoms with Gasteiger partial charge in [0.25, 0.3) is 5.91 Å². The van der Waals surface area contributed by atoms with Crippen molar-refractivity contribution in [2.45, 2.75) is 6.92 Å². The van der Waals surface area contributed by atoms with Crippen LogP contribution in [0, 0.1) is 6.92 Å². The minimum Gasteiger partial charge on any atom is -0.365 e. The Hall–Kier alpha value is -2.43. The van der Waals surface area contributed by atoms with Crippen molar-refractivity contribution >= 4 is 5.91 Å². The van der Waals surface area contributed by atoms with Gasteiger partial charge >= 0.3 is 5.69 Å². The monoisotopic (exact) mass is 243 g/mol. The molecule has 92 valence electrons. The Bertz CT molecular complexity index is 657. The molecule has 0 fully saturated rings. The van der Waals surface area contributed by atoms with Crippen molar-refractivity contribution in [3.05, 3.63) is 52.1 Å². The summed E-state index contributed by atoms with van der Waals surface area (Å²) in [6.45, 7) is 1.95. The van der Waals surface area contributed by atoms with Crippen LogP contribution in [0.2, 0.25) is 0 Å². The minimum absolute atomic E-state index is 0.237. The number of benzene rings is 1. The maximum absolute atomic E-state index is 11.6. The first-order valence-corrected chi connectivity index (χ1v) is 5.43. The summed E-state index contributed by atoms with van der Waals surface area (Å²) in [5, 5.41) is 0. The molecule has 0 saturated heterocycles. The Morgan fingerprint density at radius 1 is 1.28 bits per heavy atom. The van der Waals surface area contributed by atoms with Gasteiger partial charge in [0.05, 0.1) is 11.3 Å². The van der Waals surface area contributed by atoms with Crippen LogP contribution < -0.4 is 11.4 Å². The molecule has 0 radical (unpaired) electrons. The molecule has 0 aliphatic heterocycles. The van der Waals surface area contributed by atoms with Gasteiger partial charge in [-0.15, -0.1) is 0 Å². The van der Waals surface area contributed by atoms with Gasteiger partial charge < -0.3 is 10.3 Å². The Morgan fingerprint density at radius 2 is 1.89 bits per heavy atom. The van der Waals surface area contributed by atoms with Crippen LogP contribution in [0.25, 0.3) is 11.3 Å². The topological polar surface area (TPSA) is 78.0 Å². The van der Waals surface area contributed by atoms with Gasteiger partial charge in [-0.05, 0) is 6.92 Å². The molecule has 1 heterocycles. The van der Waals surface area contributed by atoms with Crippen molar-refractivity contribution in [2.24, 2.45) is 12.8 Å². The van der Waals surface area contributed by atoms with Crippen LogP contribution in [0.1, 0.15) is 15.9 Å². The molecule has 0 saturated carbocycles. The van der Waals surface area contributed by atoms with Gasteiger partial charge in [0.2, 0.25) is 0 Å². The van der Waals surface area contributed by atoms with E-state index in [9.17, 15) is 9.59 Å². The molecular weight excluding hydrogens is 230 g/mol. The third kappa shape index (κ3) is 2.15. The van der Waals surface area contributed by atoms with Crippen molar-refractivity contribution in [3.8, 4) is 11.3 Å². The summed E-state index contributed by atoms with van der Waals surface area (Å²) >= 11 is 0. The lowest BCUT2D eigenvalue weighted by molar-refractivity contribution is 0.1000. The molecule has 0 unspecified atom stereocenters. The molecule has 2 rings (SSSR count). The number of carbonyl (C=O) groups excluding carboxylic acids is 1. The fourth-order valence-corrected chi connectivity index (χ4v) is 1.66. The number of primary amides is 1. The van der Waals surface area contributed by atoms with Gasteiger partial charge in [0.1, 0.15) is 0 Å². The lowest BCUT2D eigenvalue weighted by Crippen LogP contribution is -2.25. The van der Waals surface area contributed by atoms with Crippen molar-refractivity contribution in [2.75, 3.05) is 0 Å². The van der Waals surface area contributed by atoms with Crippen molar-refractivity contribution < 1.29 is 4.79 Å². The zero-order valence-corrected chi connectivity index (χ0v) is 10.2. The summed E-state index contributed by atoms with van der Waals surface area (Å²) in [5.74, 6) is -0.603. The number of hydrogen-bond acceptors (Lipinski definition) is 3. The molecule has 0 bridgehead atoms. The van der Waals surface area contributed by atoms with E-state index in [1.807, 2.05) is 31.2 Å². The quantitative estimate of drug-likeness (QED) is 0.849. The molecule has 2 aromatic rings. The third-order valence-corrected chi connectivity index (χ3v) is 2.68. The molecule has 2 N–H and O–H groups in total. The van der Waals surface area contributed by atoms with Crippen LogP contribution in [-0.2, 0) is 7.05 Å². The summed E-state index contributed by atoms with van der Waals surface area (Å²) in [5.41, 5.74) is 7.23. The van der Waals surface area contributed by atoms with Crippen LogP contribution in [0.3, 0.4) is 0 Å². The summed E-state index contributed by atoms with van der Waals surface area (Å²) < 4.78 is 1.23. The fraction of sp³-hybridized carbons (Fsp3) is 0.154. The first-order valence-electron chi connectivity index (χ1n) is 5.43. The van der Waals surface area contributed by atoms with Crippen molar-refractivity contribution in [1.82, 2.24) is 9.55 Å². The van der Waals surface area contributed by atoms with Crippen LogP contribution in [0.15, 0.2) is 35.3 Å². The lowest BCUT2D eigenvalue weighted by Gasteiger charge is -2.07. The predicted octanol–water partition coefficient (Wildman–Crippen LogP) is 0.855. The number of aromatic nitrogens is 2. The predicted molar refractivity (Wildman–Crippen MR) is 68.2 cm³/mol. The average molecular weight is 243 g/mol. The third-order valence-electron chi connectivity index (χ3n) is 2.68. The second kappa shape index (κ2) is 4.44. The number of nitrogens with zero attached hydrogens (tertiary/aromatic N) is 2. The van der Waals surface area contributed by atoms with Crippen molar-refractivity contribution in [1.29, 1.82) is 0 Å². The Balaban J connectivity index is 2.69. The Morgan fingerprint density at radius 3 is 2.44 bits per heavy atom. The molecule has 18 heavy (non-hydrogen) atoms. The average Bonchev–Trinajstić information content (AvgIpc) is 2.33. The van der Waals surface area contributed by atoms with E-state index < -0.39 is 11.6 Å². The highest BCUT2D eigenvalue weighted by Gasteiger charge is 2.13. The molecule has 0 spiro atoms. The second-order valence-electron chi connectivity index (χ2n) is 4.13. The largest absolute Gasteiger partial charge is 0.365 e. The standard InChI is InChI=1S/C13H13N3O2/c1-8-3-5-9(6-4-8)11-10(12(14)17)7-16(2)13(18)15-11/h3-7H,1-2H3,(H2,14,17). The minimum atomic E-state index is -0.603. The highest BCUT2D eigenvalue weighted by Crippen LogP contribution is 2.20. The number of amides is 1. The molecule has 1 aromatic heterocycles. The highest BCUT2D eigenvalue weighted by molar-refractivity contribution is 5.98. The summed E-state index contributed by atoms with van der Waals surface area (Å²) in [7, 11) is 1.53. The van der Waals surface area contributed by atoms with Gasteiger partial charge in [-0.1, -0.05) is 29.8 Å². The van der Waals surface area contributed by atoms with E-state index in [1.165, 1.54) is 17.8 Å². The Labute approximate surface area is 104 Å². The lowest BCUT2D eigenvalue weighted by atomic mass is 10.1. The van der Waals surface area contributed by atoms with Gasteiger partial charge in [-0.2, -0.15) is 4.98 Å². The first-order chi connectivity index (χ1) is 8.49. The van der Waals surface area contributed by atoms with Gasteiger partial charge in [-0.3, -0.25) is 4.79 Å². The van der Waals surface area contributed by atoms with Gasteiger partial charge in [-0.25, -0.2) is 4.79 Å². The zero-order valence-electron chi connectivity index (χ0n) is 10.2. The molecule has 0 atom stereocenters. The Kier molecular flexibility index (Phi) is 2.97. The normalized spacial score (nSPS) is 10.3. The number of carbonyl (C=O) groups is 1. The molecule has 5 nitrogen and oxygen atoms in total. The molecule has 5 heteroatoms. The summed E-state index contributed by atoms with van der Waals surface area (Å²) in [4.78, 5) is 26.8. The maximum atomic E-state index is 11.6. The molecular formula is C13H13N3O2. The van der Waals surface area contributed by atoms with Crippen LogP contribution in [0.4, 0.5) is 0 Å². The molecule has 0 aliphatic rings. The smallest absolute Gasteiger partial charge is 0.347 e. The van der Waals surface area contributed by atoms with E-state index in [2.05, 4.69) is 4.98 Å². The van der Waals surface area contributed by atoms with E-state index in [0.717, 1.165) is 5.56 Å². The summed E-state index contributed by atoms with van der Waals surface area (Å²) in [6.07, 6.45) is 1.41. The highest BCUT2D eigenvalue weighted by atomic mass is 16.1. The molecule has 0 aliphatic carbocycles. The number of nitrogens with two attached hydrogens (primary N) is 1.